The van der Waals surface area contributed by atoms with Gasteiger partial charge in [-0.1, -0.05) is 12.1 Å². The first-order chi connectivity index (χ1) is 9.04. The number of anilines is 1. The topological polar surface area (TPSA) is 25.2 Å². The molecular formula is C13H12F3NOS. The van der Waals surface area contributed by atoms with Crippen molar-refractivity contribution in [2.45, 2.75) is 17.6 Å². The van der Waals surface area contributed by atoms with Crippen molar-refractivity contribution in [2.75, 3.05) is 11.1 Å². The number of hydrogen-bond donors (Lipinski definition) is 1. The number of nitrogens with one attached hydrogen (secondary N) is 1. The number of hydrogen-bond acceptors (Lipinski definition) is 3. The van der Waals surface area contributed by atoms with Crippen LogP contribution in [-0.4, -0.2) is 11.9 Å². The molecule has 2 nitrogen and oxygen atoms in total. The minimum Gasteiger partial charge on any atom is -0.467 e. The largest absolute Gasteiger partial charge is 0.467 e. The van der Waals surface area contributed by atoms with Gasteiger partial charge in [-0.05, 0) is 24.3 Å². The van der Waals surface area contributed by atoms with E-state index < -0.39 is 11.9 Å². The van der Waals surface area contributed by atoms with E-state index in [1.807, 2.05) is 0 Å². The molecule has 102 valence electrons. The molecule has 1 N–H and O–H groups in total. The summed E-state index contributed by atoms with van der Waals surface area (Å²) in [5.41, 5.74) is 0.674. The number of furan rings is 1. The molecule has 2 aromatic rings. The summed E-state index contributed by atoms with van der Waals surface area (Å²) in [5, 5.41) is 3.07. The fraction of sp³-hybridized carbons (Fsp3) is 0.231. The van der Waals surface area contributed by atoms with Crippen molar-refractivity contribution in [3.8, 4) is 0 Å². The quantitative estimate of drug-likeness (QED) is 0.817. The third-order valence-electron chi connectivity index (χ3n) is 2.31. The molecule has 0 saturated carbocycles. The molecule has 0 fully saturated rings. The second kappa shape index (κ2) is 6.06. The van der Waals surface area contributed by atoms with Gasteiger partial charge in [0.2, 0.25) is 0 Å². The van der Waals surface area contributed by atoms with Gasteiger partial charge in [-0.15, -0.1) is 11.8 Å². The third-order valence-corrected chi connectivity index (χ3v) is 3.45. The first-order valence-corrected chi connectivity index (χ1v) is 6.58. The maximum Gasteiger partial charge on any atom is 0.398 e. The summed E-state index contributed by atoms with van der Waals surface area (Å²) in [6.45, 7) is 0.441. The van der Waals surface area contributed by atoms with Crippen LogP contribution in [0.2, 0.25) is 0 Å². The molecule has 2 rings (SSSR count). The SMILES string of the molecule is FC(F)(F)CSc1ccccc1NCc1ccco1. The summed E-state index contributed by atoms with van der Waals surface area (Å²) in [6, 6.07) is 10.5. The van der Waals surface area contributed by atoms with Gasteiger partial charge in [0.25, 0.3) is 0 Å². The monoisotopic (exact) mass is 287 g/mol. The number of para-hydroxylation sites is 1. The lowest BCUT2D eigenvalue weighted by Crippen LogP contribution is -2.11. The summed E-state index contributed by atoms with van der Waals surface area (Å²) in [7, 11) is 0. The summed E-state index contributed by atoms with van der Waals surface area (Å²) >= 11 is 0.773. The lowest BCUT2D eigenvalue weighted by molar-refractivity contribution is -0.105. The Balaban J connectivity index is 1.99. The van der Waals surface area contributed by atoms with Gasteiger partial charge in [-0.3, -0.25) is 0 Å². The van der Waals surface area contributed by atoms with E-state index in [9.17, 15) is 13.2 Å². The Hall–Kier alpha value is -1.56. The Bertz CT molecular complexity index is 511. The van der Waals surface area contributed by atoms with E-state index in [0.29, 0.717) is 17.1 Å². The van der Waals surface area contributed by atoms with Crippen LogP contribution in [0.3, 0.4) is 0 Å². The highest BCUT2D eigenvalue weighted by Crippen LogP contribution is 2.32. The molecule has 0 atom stereocenters. The van der Waals surface area contributed by atoms with Crippen molar-refractivity contribution in [3.05, 3.63) is 48.4 Å². The van der Waals surface area contributed by atoms with Gasteiger partial charge < -0.3 is 9.73 Å². The van der Waals surface area contributed by atoms with Crippen LogP contribution in [0.5, 0.6) is 0 Å². The lowest BCUT2D eigenvalue weighted by Gasteiger charge is -2.11. The van der Waals surface area contributed by atoms with E-state index in [1.165, 1.54) is 0 Å². The zero-order valence-corrected chi connectivity index (χ0v) is 10.7. The van der Waals surface area contributed by atoms with Crippen molar-refractivity contribution in [1.82, 2.24) is 0 Å². The van der Waals surface area contributed by atoms with E-state index in [4.69, 9.17) is 4.42 Å². The van der Waals surface area contributed by atoms with E-state index in [0.717, 1.165) is 17.5 Å². The lowest BCUT2D eigenvalue weighted by atomic mass is 10.3. The van der Waals surface area contributed by atoms with Crippen LogP contribution < -0.4 is 5.32 Å². The van der Waals surface area contributed by atoms with Gasteiger partial charge in [0.1, 0.15) is 5.76 Å². The van der Waals surface area contributed by atoms with Crippen LogP contribution in [0.25, 0.3) is 0 Å². The molecular weight excluding hydrogens is 275 g/mol. The fourth-order valence-corrected chi connectivity index (χ4v) is 2.28. The van der Waals surface area contributed by atoms with Gasteiger partial charge in [0.15, 0.2) is 0 Å². The van der Waals surface area contributed by atoms with Crippen LogP contribution >= 0.6 is 11.8 Å². The molecule has 1 aromatic heterocycles. The number of thioether (sulfide) groups is 1. The third kappa shape index (κ3) is 4.55. The first-order valence-electron chi connectivity index (χ1n) is 5.59. The average molecular weight is 287 g/mol. The van der Waals surface area contributed by atoms with Crippen LogP contribution in [0, 0.1) is 0 Å². The predicted octanol–water partition coefficient (Wildman–Crippen LogP) is 4.55. The molecule has 0 aliphatic heterocycles. The number of halogens is 3. The molecule has 0 aliphatic rings. The highest BCUT2D eigenvalue weighted by atomic mass is 32.2. The van der Waals surface area contributed by atoms with Gasteiger partial charge in [0.05, 0.1) is 18.6 Å². The molecule has 0 bridgehead atoms. The molecule has 0 saturated heterocycles. The molecule has 0 radical (unpaired) electrons. The Morgan fingerprint density at radius 1 is 1.11 bits per heavy atom. The second-order valence-corrected chi connectivity index (χ2v) is 4.85. The number of benzene rings is 1. The highest BCUT2D eigenvalue weighted by Gasteiger charge is 2.27. The van der Waals surface area contributed by atoms with Crippen molar-refractivity contribution in [3.63, 3.8) is 0 Å². The Kier molecular flexibility index (Phi) is 4.42. The minimum atomic E-state index is -4.17. The second-order valence-electron chi connectivity index (χ2n) is 3.83. The van der Waals surface area contributed by atoms with Crippen molar-refractivity contribution >= 4 is 17.4 Å². The van der Waals surface area contributed by atoms with Gasteiger partial charge in [0, 0.05) is 10.6 Å². The molecule has 0 spiro atoms. The normalized spacial score (nSPS) is 11.5. The molecule has 0 unspecified atom stereocenters. The van der Waals surface area contributed by atoms with E-state index in [-0.39, 0.29) is 0 Å². The zero-order valence-electron chi connectivity index (χ0n) is 9.91. The van der Waals surface area contributed by atoms with E-state index in [2.05, 4.69) is 5.32 Å². The predicted molar refractivity (Wildman–Crippen MR) is 69.3 cm³/mol. The van der Waals surface area contributed by atoms with Crippen LogP contribution in [0.1, 0.15) is 5.76 Å². The Labute approximate surface area is 113 Å². The highest BCUT2D eigenvalue weighted by molar-refractivity contribution is 7.99. The maximum atomic E-state index is 12.2. The molecule has 1 heterocycles. The van der Waals surface area contributed by atoms with E-state index >= 15 is 0 Å². The van der Waals surface area contributed by atoms with E-state index in [1.54, 1.807) is 42.7 Å². The van der Waals surface area contributed by atoms with Gasteiger partial charge in [-0.2, -0.15) is 13.2 Å². The standard InChI is InChI=1S/C13H12F3NOS/c14-13(15,16)9-19-12-6-2-1-5-11(12)17-8-10-4-3-7-18-10/h1-7,17H,8-9H2. The number of rotatable bonds is 5. The summed E-state index contributed by atoms with van der Waals surface area (Å²) in [6.07, 6.45) is -2.61. The molecule has 19 heavy (non-hydrogen) atoms. The fourth-order valence-electron chi connectivity index (χ4n) is 1.49. The first kappa shape index (κ1) is 13.9. The summed E-state index contributed by atoms with van der Waals surface area (Å²) in [4.78, 5) is 0.575. The Morgan fingerprint density at radius 3 is 2.58 bits per heavy atom. The van der Waals surface area contributed by atoms with Crippen LogP contribution in [0.15, 0.2) is 52.0 Å². The minimum absolute atomic E-state index is 0.441. The van der Waals surface area contributed by atoms with Crippen molar-refractivity contribution < 1.29 is 17.6 Å². The van der Waals surface area contributed by atoms with Crippen LogP contribution in [-0.2, 0) is 6.54 Å². The maximum absolute atomic E-state index is 12.2. The summed E-state index contributed by atoms with van der Waals surface area (Å²) < 4.78 is 41.8. The molecule has 0 aliphatic carbocycles. The number of alkyl halides is 3. The molecule has 1 aromatic carbocycles. The molecule has 6 heteroatoms. The zero-order chi connectivity index (χ0) is 13.7. The van der Waals surface area contributed by atoms with Gasteiger partial charge in [-0.25, -0.2) is 0 Å². The molecule has 0 amide bonds. The Morgan fingerprint density at radius 2 is 1.89 bits per heavy atom. The smallest absolute Gasteiger partial charge is 0.398 e. The van der Waals surface area contributed by atoms with Crippen LogP contribution in [0.4, 0.5) is 18.9 Å². The van der Waals surface area contributed by atoms with Crippen molar-refractivity contribution in [1.29, 1.82) is 0 Å². The van der Waals surface area contributed by atoms with Gasteiger partial charge >= 0.3 is 6.18 Å². The summed E-state index contributed by atoms with van der Waals surface area (Å²) in [5.74, 6) is -0.164. The average Bonchev–Trinajstić information content (AvgIpc) is 2.87. The van der Waals surface area contributed by atoms with Crippen molar-refractivity contribution in [2.24, 2.45) is 0 Å².